The first kappa shape index (κ1) is 16.8. The van der Waals surface area contributed by atoms with Crippen LogP contribution in [0.2, 0.25) is 5.02 Å². The van der Waals surface area contributed by atoms with E-state index in [1.54, 1.807) is 32.9 Å². The molecule has 1 amide bonds. The van der Waals surface area contributed by atoms with E-state index >= 15 is 0 Å². The zero-order valence-electron chi connectivity index (χ0n) is 12.2. The topological polar surface area (TPSA) is 73.6 Å². The quantitative estimate of drug-likeness (QED) is 0.832. The molecule has 0 aliphatic carbocycles. The smallest absolute Gasteiger partial charge is 0.412 e. The van der Waals surface area contributed by atoms with Gasteiger partial charge in [-0.25, -0.2) is 10.7 Å². The second-order valence-corrected chi connectivity index (χ2v) is 6.03. The summed E-state index contributed by atoms with van der Waals surface area (Å²) in [5.41, 5.74) is 0.913. The molecule has 6 heteroatoms. The number of amides is 1. The minimum atomic E-state index is -0.561. The van der Waals surface area contributed by atoms with Crippen LogP contribution < -0.4 is 11.2 Å². The zero-order chi connectivity index (χ0) is 15.3. The van der Waals surface area contributed by atoms with Gasteiger partial charge in [0.2, 0.25) is 0 Å². The summed E-state index contributed by atoms with van der Waals surface area (Å²) in [5.74, 6) is 5.11. The van der Waals surface area contributed by atoms with Crippen molar-refractivity contribution in [2.45, 2.75) is 39.2 Å². The molecule has 3 N–H and O–H groups in total. The number of nitrogens with one attached hydrogen (secondary N) is 1. The number of hydrogen-bond donors (Lipinski definition) is 2. The molecule has 0 heterocycles. The van der Waals surface area contributed by atoms with Gasteiger partial charge in [-0.15, -0.1) is 0 Å². The summed E-state index contributed by atoms with van der Waals surface area (Å²) in [6, 6.07) is 5.26. The monoisotopic (exact) mass is 300 g/mol. The average Bonchev–Trinajstić information content (AvgIpc) is 2.26. The molecular formula is C14H21ClN2O3. The fourth-order valence-corrected chi connectivity index (χ4v) is 1.89. The standard InChI is InChI=1S/C14H21ClN2O3/c1-9(8-19-16)11-6-5-10(15)7-12(11)17-13(18)20-14(2,3)4/h5-7,9H,8,16H2,1-4H3,(H,17,18). The summed E-state index contributed by atoms with van der Waals surface area (Å²) in [6.07, 6.45) is -0.526. The molecule has 1 aromatic rings. The maximum absolute atomic E-state index is 11.8. The molecule has 5 nitrogen and oxygen atoms in total. The van der Waals surface area contributed by atoms with E-state index in [1.165, 1.54) is 0 Å². The highest BCUT2D eigenvalue weighted by Crippen LogP contribution is 2.28. The highest BCUT2D eigenvalue weighted by atomic mass is 35.5. The third-order valence-corrected chi connectivity index (χ3v) is 2.76. The molecule has 1 atom stereocenters. The number of ether oxygens (including phenoxy) is 1. The Bertz CT molecular complexity index is 472. The summed E-state index contributed by atoms with van der Waals surface area (Å²) < 4.78 is 5.23. The number of anilines is 1. The molecule has 1 aromatic carbocycles. The van der Waals surface area contributed by atoms with E-state index in [0.29, 0.717) is 17.3 Å². The molecule has 1 rings (SSSR count). The lowest BCUT2D eigenvalue weighted by atomic mass is 10.00. The molecule has 112 valence electrons. The second kappa shape index (κ2) is 6.92. The summed E-state index contributed by atoms with van der Waals surface area (Å²) in [5, 5.41) is 3.23. The molecule has 0 saturated carbocycles. The highest BCUT2D eigenvalue weighted by Gasteiger charge is 2.19. The van der Waals surface area contributed by atoms with Crippen LogP contribution in [0.1, 0.15) is 39.2 Å². The first-order valence-corrected chi connectivity index (χ1v) is 6.72. The Morgan fingerprint density at radius 3 is 2.65 bits per heavy atom. The van der Waals surface area contributed by atoms with Crippen LogP contribution in [0.5, 0.6) is 0 Å². The third-order valence-electron chi connectivity index (χ3n) is 2.53. The Hall–Kier alpha value is -1.30. The highest BCUT2D eigenvalue weighted by molar-refractivity contribution is 6.31. The molecule has 0 aliphatic heterocycles. The lowest BCUT2D eigenvalue weighted by molar-refractivity contribution is 0.0635. The summed E-state index contributed by atoms with van der Waals surface area (Å²) in [7, 11) is 0. The maximum Gasteiger partial charge on any atom is 0.412 e. The van der Waals surface area contributed by atoms with Gasteiger partial charge in [0.25, 0.3) is 0 Å². The van der Waals surface area contributed by atoms with Crippen LogP contribution >= 0.6 is 11.6 Å². The maximum atomic E-state index is 11.8. The molecule has 0 radical (unpaired) electrons. The summed E-state index contributed by atoms with van der Waals surface area (Å²) >= 11 is 5.97. The summed E-state index contributed by atoms with van der Waals surface area (Å²) in [6.45, 7) is 7.68. The van der Waals surface area contributed by atoms with Crippen molar-refractivity contribution in [2.75, 3.05) is 11.9 Å². The number of benzene rings is 1. The van der Waals surface area contributed by atoms with Crippen LogP contribution in [-0.2, 0) is 9.57 Å². The van der Waals surface area contributed by atoms with Crippen LogP contribution in [0.3, 0.4) is 0 Å². The molecule has 0 spiro atoms. The molecule has 0 aromatic heterocycles. The van der Waals surface area contributed by atoms with Gasteiger partial charge in [-0.05, 0) is 38.5 Å². The lowest BCUT2D eigenvalue weighted by Crippen LogP contribution is -2.27. The number of carbonyl (C=O) groups is 1. The Morgan fingerprint density at radius 1 is 1.45 bits per heavy atom. The van der Waals surface area contributed by atoms with E-state index in [1.807, 2.05) is 13.0 Å². The van der Waals surface area contributed by atoms with E-state index in [0.717, 1.165) is 5.56 Å². The van der Waals surface area contributed by atoms with Gasteiger partial charge in [0.1, 0.15) is 5.60 Å². The molecule has 0 saturated heterocycles. The minimum absolute atomic E-state index is 0.0159. The second-order valence-electron chi connectivity index (χ2n) is 5.59. The van der Waals surface area contributed by atoms with Crippen LogP contribution in [0, 0.1) is 0 Å². The Kier molecular flexibility index (Phi) is 5.80. The molecule has 1 unspecified atom stereocenters. The van der Waals surface area contributed by atoms with Crippen molar-refractivity contribution in [2.24, 2.45) is 5.90 Å². The van der Waals surface area contributed by atoms with Crippen LogP contribution in [-0.4, -0.2) is 18.3 Å². The van der Waals surface area contributed by atoms with Gasteiger partial charge >= 0.3 is 6.09 Å². The number of nitrogens with two attached hydrogens (primary N) is 1. The lowest BCUT2D eigenvalue weighted by Gasteiger charge is -2.21. The van der Waals surface area contributed by atoms with Gasteiger partial charge in [-0.3, -0.25) is 5.32 Å². The van der Waals surface area contributed by atoms with Gasteiger partial charge in [0.15, 0.2) is 0 Å². The van der Waals surface area contributed by atoms with Gasteiger partial charge in [-0.2, -0.15) is 0 Å². The summed E-state index contributed by atoms with van der Waals surface area (Å²) in [4.78, 5) is 16.5. The van der Waals surface area contributed by atoms with E-state index in [-0.39, 0.29) is 5.92 Å². The minimum Gasteiger partial charge on any atom is -0.444 e. The Labute approximate surface area is 124 Å². The number of hydrogen-bond acceptors (Lipinski definition) is 4. The van der Waals surface area contributed by atoms with E-state index < -0.39 is 11.7 Å². The van der Waals surface area contributed by atoms with Crippen LogP contribution in [0.4, 0.5) is 10.5 Å². The SMILES string of the molecule is CC(CON)c1ccc(Cl)cc1NC(=O)OC(C)(C)C. The van der Waals surface area contributed by atoms with Crippen LogP contribution in [0.15, 0.2) is 18.2 Å². The van der Waals surface area contributed by atoms with E-state index in [2.05, 4.69) is 10.2 Å². The van der Waals surface area contributed by atoms with E-state index in [4.69, 9.17) is 22.2 Å². The fraction of sp³-hybridized carbons (Fsp3) is 0.500. The largest absolute Gasteiger partial charge is 0.444 e. The fourth-order valence-electron chi connectivity index (χ4n) is 1.71. The van der Waals surface area contributed by atoms with Crippen molar-refractivity contribution >= 4 is 23.4 Å². The number of rotatable bonds is 4. The first-order chi connectivity index (χ1) is 9.23. The van der Waals surface area contributed by atoms with Crippen molar-refractivity contribution in [3.05, 3.63) is 28.8 Å². The average molecular weight is 301 g/mol. The molecule has 20 heavy (non-hydrogen) atoms. The van der Waals surface area contributed by atoms with Gasteiger partial charge in [0.05, 0.1) is 6.61 Å². The van der Waals surface area contributed by atoms with Gasteiger partial charge in [0, 0.05) is 16.6 Å². The van der Waals surface area contributed by atoms with E-state index in [9.17, 15) is 4.79 Å². The zero-order valence-corrected chi connectivity index (χ0v) is 13.0. The molecule has 0 fully saturated rings. The number of carbonyl (C=O) groups excluding carboxylic acids is 1. The molecular weight excluding hydrogens is 280 g/mol. The Morgan fingerprint density at radius 2 is 2.10 bits per heavy atom. The normalized spacial score (nSPS) is 12.9. The van der Waals surface area contributed by atoms with Crippen molar-refractivity contribution in [3.63, 3.8) is 0 Å². The predicted octanol–water partition coefficient (Wildman–Crippen LogP) is 3.68. The third kappa shape index (κ3) is 5.36. The van der Waals surface area contributed by atoms with Gasteiger partial charge in [-0.1, -0.05) is 24.6 Å². The number of halogens is 1. The molecule has 0 bridgehead atoms. The van der Waals surface area contributed by atoms with Crippen molar-refractivity contribution in [1.29, 1.82) is 0 Å². The Balaban J connectivity index is 2.92. The van der Waals surface area contributed by atoms with Crippen molar-refractivity contribution in [1.82, 2.24) is 0 Å². The first-order valence-electron chi connectivity index (χ1n) is 6.34. The molecule has 0 aliphatic rings. The predicted molar refractivity (Wildman–Crippen MR) is 79.9 cm³/mol. The van der Waals surface area contributed by atoms with Crippen molar-refractivity contribution < 1.29 is 14.4 Å². The van der Waals surface area contributed by atoms with Crippen LogP contribution in [0.25, 0.3) is 0 Å². The van der Waals surface area contributed by atoms with Gasteiger partial charge < -0.3 is 9.57 Å². The van der Waals surface area contributed by atoms with Crippen molar-refractivity contribution in [3.8, 4) is 0 Å².